The lowest BCUT2D eigenvalue weighted by Gasteiger charge is -2.04. The molecule has 0 radical (unpaired) electrons. The van der Waals surface area contributed by atoms with Crippen molar-refractivity contribution in [1.29, 1.82) is 0 Å². The van der Waals surface area contributed by atoms with E-state index in [4.69, 9.17) is 11.6 Å². The molecule has 4 heteroatoms. The topological polar surface area (TPSA) is 17.8 Å². The molecular formula is C11H10ClIN2. The van der Waals surface area contributed by atoms with Crippen molar-refractivity contribution in [3.63, 3.8) is 0 Å². The van der Waals surface area contributed by atoms with Crippen LogP contribution < -0.4 is 0 Å². The van der Waals surface area contributed by atoms with E-state index in [1.54, 1.807) is 0 Å². The van der Waals surface area contributed by atoms with Gasteiger partial charge in [-0.15, -0.1) is 0 Å². The number of nitrogens with zero attached hydrogens (tertiary/aromatic N) is 2. The van der Waals surface area contributed by atoms with Gasteiger partial charge in [0.1, 0.15) is 0 Å². The molecule has 0 amide bonds. The fourth-order valence-corrected chi connectivity index (χ4v) is 1.98. The molecule has 0 aliphatic heterocycles. The fraction of sp³-hybridized carbons (Fsp3) is 0.182. The first kappa shape index (κ1) is 11.0. The number of halogens is 2. The van der Waals surface area contributed by atoms with E-state index in [1.165, 1.54) is 5.56 Å². The Morgan fingerprint density at radius 3 is 2.87 bits per heavy atom. The van der Waals surface area contributed by atoms with E-state index in [-0.39, 0.29) is 0 Å². The summed E-state index contributed by atoms with van der Waals surface area (Å²) in [5.74, 6) is 0. The van der Waals surface area contributed by atoms with Gasteiger partial charge in [0, 0.05) is 11.2 Å². The van der Waals surface area contributed by atoms with E-state index in [0.717, 1.165) is 20.7 Å². The second-order valence-electron chi connectivity index (χ2n) is 3.44. The fourth-order valence-electron chi connectivity index (χ4n) is 1.42. The maximum atomic E-state index is 5.96. The molecule has 0 aliphatic carbocycles. The molecule has 2 rings (SSSR count). The summed E-state index contributed by atoms with van der Waals surface area (Å²) >= 11 is 8.22. The Kier molecular flexibility index (Phi) is 3.31. The van der Waals surface area contributed by atoms with Crippen molar-refractivity contribution in [2.45, 2.75) is 13.5 Å². The summed E-state index contributed by atoms with van der Waals surface area (Å²) in [6, 6.07) is 6.06. The zero-order valence-electron chi connectivity index (χ0n) is 8.24. The Morgan fingerprint density at radius 1 is 1.47 bits per heavy atom. The Hall–Kier alpha value is -0.550. The largest absolute Gasteiger partial charge is 0.267 e. The highest BCUT2D eigenvalue weighted by molar-refractivity contribution is 14.1. The van der Waals surface area contributed by atoms with Crippen LogP contribution in [0.5, 0.6) is 0 Å². The first-order valence-electron chi connectivity index (χ1n) is 4.58. The number of benzene rings is 1. The van der Waals surface area contributed by atoms with Gasteiger partial charge in [-0.05, 0) is 46.7 Å². The van der Waals surface area contributed by atoms with E-state index >= 15 is 0 Å². The maximum absolute atomic E-state index is 5.96. The Morgan fingerprint density at radius 2 is 2.27 bits per heavy atom. The lowest BCUT2D eigenvalue weighted by atomic mass is 10.1. The van der Waals surface area contributed by atoms with Crippen LogP contribution in [0.3, 0.4) is 0 Å². The summed E-state index contributed by atoms with van der Waals surface area (Å²) in [7, 11) is 0. The third-order valence-corrected chi connectivity index (χ3v) is 3.15. The van der Waals surface area contributed by atoms with Crippen molar-refractivity contribution in [3.8, 4) is 0 Å². The van der Waals surface area contributed by atoms with Crippen molar-refractivity contribution in [3.05, 3.63) is 50.3 Å². The van der Waals surface area contributed by atoms with Crippen LogP contribution >= 0.6 is 34.2 Å². The first-order valence-corrected chi connectivity index (χ1v) is 6.04. The van der Waals surface area contributed by atoms with Gasteiger partial charge in [0.15, 0.2) is 0 Å². The summed E-state index contributed by atoms with van der Waals surface area (Å²) in [5.41, 5.74) is 2.33. The van der Waals surface area contributed by atoms with Gasteiger partial charge in [0.2, 0.25) is 0 Å². The molecule has 0 saturated heterocycles. The normalized spacial score (nSPS) is 10.6. The molecule has 2 nitrogen and oxygen atoms in total. The Balaban J connectivity index is 2.21. The summed E-state index contributed by atoms with van der Waals surface area (Å²) in [4.78, 5) is 0. The van der Waals surface area contributed by atoms with Crippen LogP contribution in [0.25, 0.3) is 0 Å². The third-order valence-electron chi connectivity index (χ3n) is 2.17. The summed E-state index contributed by atoms with van der Waals surface area (Å²) in [5, 5.41) is 5.05. The highest BCUT2D eigenvalue weighted by Crippen LogP contribution is 2.17. The van der Waals surface area contributed by atoms with Crippen LogP contribution in [-0.2, 0) is 6.54 Å². The molecule has 0 fully saturated rings. The quantitative estimate of drug-likeness (QED) is 0.770. The van der Waals surface area contributed by atoms with Crippen molar-refractivity contribution in [2.24, 2.45) is 0 Å². The smallest absolute Gasteiger partial charge is 0.0659 e. The van der Waals surface area contributed by atoms with E-state index in [9.17, 15) is 0 Å². The predicted octanol–water partition coefficient (Wildman–Crippen LogP) is 3.50. The minimum Gasteiger partial charge on any atom is -0.267 e. The molecular weight excluding hydrogens is 322 g/mol. The molecule has 2 aromatic rings. The number of hydrogen-bond donors (Lipinski definition) is 0. The van der Waals surface area contributed by atoms with Gasteiger partial charge in [-0.25, -0.2) is 0 Å². The Bertz CT molecular complexity index is 479. The zero-order chi connectivity index (χ0) is 10.8. The molecule has 1 aromatic heterocycles. The Labute approximate surface area is 107 Å². The van der Waals surface area contributed by atoms with Crippen molar-refractivity contribution in [1.82, 2.24) is 9.78 Å². The molecule has 1 aromatic carbocycles. The standard InChI is InChI=1S/C11H10ClIN2/c1-8-4-9(2-3-11(8)12)6-15-7-10(13)5-14-15/h2-5,7H,6H2,1H3. The highest BCUT2D eigenvalue weighted by atomic mass is 127. The second-order valence-corrected chi connectivity index (χ2v) is 5.09. The summed E-state index contributed by atoms with van der Waals surface area (Å²) < 4.78 is 3.07. The average molecular weight is 333 g/mol. The first-order chi connectivity index (χ1) is 7.15. The van der Waals surface area contributed by atoms with Crippen molar-refractivity contribution in [2.75, 3.05) is 0 Å². The third kappa shape index (κ3) is 2.72. The SMILES string of the molecule is Cc1cc(Cn2cc(I)cn2)ccc1Cl. The number of aromatic nitrogens is 2. The van der Waals surface area contributed by atoms with E-state index < -0.39 is 0 Å². The predicted molar refractivity (Wildman–Crippen MR) is 70.2 cm³/mol. The van der Waals surface area contributed by atoms with Crippen LogP contribution in [0, 0.1) is 10.5 Å². The van der Waals surface area contributed by atoms with Crippen LogP contribution in [0.2, 0.25) is 5.02 Å². The van der Waals surface area contributed by atoms with Gasteiger partial charge in [-0.3, -0.25) is 4.68 Å². The van der Waals surface area contributed by atoms with E-state index in [2.05, 4.69) is 33.8 Å². The summed E-state index contributed by atoms with van der Waals surface area (Å²) in [6.07, 6.45) is 3.87. The zero-order valence-corrected chi connectivity index (χ0v) is 11.2. The van der Waals surface area contributed by atoms with Gasteiger partial charge in [0.25, 0.3) is 0 Å². The molecule has 0 N–H and O–H groups in total. The van der Waals surface area contributed by atoms with Crippen LogP contribution in [0.1, 0.15) is 11.1 Å². The summed E-state index contributed by atoms with van der Waals surface area (Å²) in [6.45, 7) is 2.81. The number of rotatable bonds is 2. The molecule has 15 heavy (non-hydrogen) atoms. The van der Waals surface area contributed by atoms with E-state index in [1.807, 2.05) is 36.1 Å². The average Bonchev–Trinajstić information content (AvgIpc) is 2.58. The van der Waals surface area contributed by atoms with Gasteiger partial charge < -0.3 is 0 Å². The number of hydrogen-bond acceptors (Lipinski definition) is 1. The second kappa shape index (κ2) is 4.53. The van der Waals surface area contributed by atoms with E-state index in [0.29, 0.717) is 0 Å². The molecule has 78 valence electrons. The lowest BCUT2D eigenvalue weighted by molar-refractivity contribution is 0.686. The maximum Gasteiger partial charge on any atom is 0.0659 e. The van der Waals surface area contributed by atoms with Crippen molar-refractivity contribution >= 4 is 34.2 Å². The minimum absolute atomic E-state index is 0.793. The highest BCUT2D eigenvalue weighted by Gasteiger charge is 2.00. The number of aryl methyl sites for hydroxylation is 1. The molecule has 0 spiro atoms. The molecule has 1 heterocycles. The minimum atomic E-state index is 0.793. The monoisotopic (exact) mass is 332 g/mol. The van der Waals surface area contributed by atoms with Gasteiger partial charge >= 0.3 is 0 Å². The molecule has 0 atom stereocenters. The van der Waals surface area contributed by atoms with Gasteiger partial charge in [-0.2, -0.15) is 5.10 Å². The molecule has 0 saturated carbocycles. The van der Waals surface area contributed by atoms with Gasteiger partial charge in [-0.1, -0.05) is 23.7 Å². The van der Waals surface area contributed by atoms with Crippen molar-refractivity contribution < 1.29 is 0 Å². The van der Waals surface area contributed by atoms with Crippen LogP contribution in [0.15, 0.2) is 30.6 Å². The van der Waals surface area contributed by atoms with Gasteiger partial charge in [0.05, 0.1) is 16.3 Å². The molecule has 0 bridgehead atoms. The van der Waals surface area contributed by atoms with Crippen LogP contribution in [-0.4, -0.2) is 9.78 Å². The molecule has 0 aliphatic rings. The lowest BCUT2D eigenvalue weighted by Crippen LogP contribution is -1.99. The molecule has 0 unspecified atom stereocenters. The van der Waals surface area contributed by atoms with Crippen LogP contribution in [0.4, 0.5) is 0 Å².